The number of sulfone groups is 1. The van der Waals surface area contributed by atoms with Crippen LogP contribution in [-0.4, -0.2) is 49.7 Å². The number of amides is 1. The van der Waals surface area contributed by atoms with Crippen LogP contribution in [0.3, 0.4) is 0 Å². The summed E-state index contributed by atoms with van der Waals surface area (Å²) in [6.45, 7) is 3.83. The Hall–Kier alpha value is -1.54. The Balaban J connectivity index is 2.81. The summed E-state index contributed by atoms with van der Waals surface area (Å²) in [6, 6.07) is 2.92. The van der Waals surface area contributed by atoms with Gasteiger partial charge in [0.25, 0.3) is 5.91 Å². The number of hydrogen-bond donors (Lipinski definition) is 2. The molecular weight excluding hydrogens is 326 g/mol. The molecule has 0 fully saturated rings. The molecule has 1 rings (SSSR count). The maximum Gasteiger partial charge on any atom is 0.313 e. The van der Waals surface area contributed by atoms with Gasteiger partial charge in [-0.1, -0.05) is 0 Å². The van der Waals surface area contributed by atoms with E-state index in [0.717, 1.165) is 17.4 Å². The van der Waals surface area contributed by atoms with E-state index in [4.69, 9.17) is 5.11 Å². The van der Waals surface area contributed by atoms with Crippen LogP contribution in [0, 0.1) is 13.8 Å². The second-order valence-electron chi connectivity index (χ2n) is 4.89. The molecule has 0 atom stereocenters. The second kappa shape index (κ2) is 7.64. The van der Waals surface area contributed by atoms with E-state index in [0.29, 0.717) is 17.9 Å². The molecular formula is C14H19NO5S2. The molecule has 0 saturated heterocycles. The standard InChI is InChI=1S/C14H19NO5S2/c1-9-6-11(22(3,19)20)7-12(10(9)2)14(18)15-4-5-21-8-13(16)17/h6-7H,4-5,8H2,1-3H3,(H,15,18)(H,16,17). The monoisotopic (exact) mass is 345 g/mol. The van der Waals surface area contributed by atoms with Crippen LogP contribution < -0.4 is 5.32 Å². The van der Waals surface area contributed by atoms with E-state index in [9.17, 15) is 18.0 Å². The number of aryl methyl sites for hydroxylation is 1. The second-order valence-corrected chi connectivity index (χ2v) is 8.01. The summed E-state index contributed by atoms with van der Waals surface area (Å²) in [4.78, 5) is 22.6. The third-order valence-electron chi connectivity index (χ3n) is 3.07. The number of carbonyl (C=O) groups is 2. The van der Waals surface area contributed by atoms with Crippen LogP contribution in [0.5, 0.6) is 0 Å². The van der Waals surface area contributed by atoms with E-state index in [1.807, 2.05) is 0 Å². The first-order valence-electron chi connectivity index (χ1n) is 6.52. The van der Waals surface area contributed by atoms with Gasteiger partial charge in [0.2, 0.25) is 0 Å². The molecule has 0 unspecified atom stereocenters. The van der Waals surface area contributed by atoms with Gasteiger partial charge < -0.3 is 10.4 Å². The molecule has 1 aromatic rings. The van der Waals surface area contributed by atoms with Crippen LogP contribution in [0.15, 0.2) is 17.0 Å². The maximum atomic E-state index is 12.2. The average molecular weight is 345 g/mol. The summed E-state index contributed by atoms with van der Waals surface area (Å²) in [6.07, 6.45) is 1.10. The molecule has 0 bridgehead atoms. The molecule has 0 aromatic heterocycles. The van der Waals surface area contributed by atoms with E-state index in [2.05, 4.69) is 5.32 Å². The van der Waals surface area contributed by atoms with Gasteiger partial charge in [-0.05, 0) is 37.1 Å². The van der Waals surface area contributed by atoms with Crippen molar-refractivity contribution >= 4 is 33.5 Å². The first-order chi connectivity index (χ1) is 10.1. The highest BCUT2D eigenvalue weighted by Gasteiger charge is 2.16. The number of carboxylic acid groups (broad SMARTS) is 1. The van der Waals surface area contributed by atoms with Crippen LogP contribution in [0.25, 0.3) is 0 Å². The quantitative estimate of drug-likeness (QED) is 0.722. The maximum absolute atomic E-state index is 12.2. The van der Waals surface area contributed by atoms with Crippen molar-refractivity contribution in [3.63, 3.8) is 0 Å². The minimum absolute atomic E-state index is 0.0163. The van der Waals surface area contributed by atoms with Crippen LogP contribution in [-0.2, 0) is 14.6 Å². The zero-order chi connectivity index (χ0) is 16.9. The first-order valence-corrected chi connectivity index (χ1v) is 9.56. The Morgan fingerprint density at radius 1 is 1.27 bits per heavy atom. The summed E-state index contributed by atoms with van der Waals surface area (Å²) in [5.74, 6) is -0.801. The van der Waals surface area contributed by atoms with Crippen molar-refractivity contribution in [1.29, 1.82) is 0 Å². The van der Waals surface area contributed by atoms with Gasteiger partial charge in [-0.2, -0.15) is 0 Å². The van der Waals surface area contributed by atoms with Crippen molar-refractivity contribution < 1.29 is 23.1 Å². The van der Waals surface area contributed by atoms with Crippen molar-refractivity contribution in [2.24, 2.45) is 0 Å². The molecule has 0 saturated carbocycles. The fourth-order valence-corrected chi connectivity index (χ4v) is 3.06. The number of rotatable bonds is 7. The zero-order valence-electron chi connectivity index (χ0n) is 12.7. The Kier molecular flexibility index (Phi) is 6.43. The topological polar surface area (TPSA) is 101 Å². The summed E-state index contributed by atoms with van der Waals surface area (Å²) in [5, 5.41) is 11.2. The number of aliphatic carboxylic acids is 1. The molecule has 6 nitrogen and oxygen atoms in total. The van der Waals surface area contributed by atoms with Gasteiger partial charge in [0.15, 0.2) is 9.84 Å². The van der Waals surface area contributed by atoms with E-state index >= 15 is 0 Å². The smallest absolute Gasteiger partial charge is 0.313 e. The van der Waals surface area contributed by atoms with Crippen LogP contribution in [0.1, 0.15) is 21.5 Å². The molecule has 2 N–H and O–H groups in total. The predicted octanol–water partition coefficient (Wildman–Crippen LogP) is 1.25. The normalized spacial score (nSPS) is 11.2. The fraction of sp³-hybridized carbons (Fsp3) is 0.429. The van der Waals surface area contributed by atoms with Crippen molar-refractivity contribution in [3.05, 3.63) is 28.8 Å². The molecule has 22 heavy (non-hydrogen) atoms. The SMILES string of the molecule is Cc1cc(S(C)(=O)=O)cc(C(=O)NCCSCC(=O)O)c1C. The van der Waals surface area contributed by atoms with Crippen LogP contribution in [0.2, 0.25) is 0 Å². The Labute approximate surface area is 134 Å². The van der Waals surface area contributed by atoms with Gasteiger partial charge in [-0.15, -0.1) is 11.8 Å². The number of carbonyl (C=O) groups excluding carboxylic acids is 1. The van der Waals surface area contributed by atoms with E-state index in [1.54, 1.807) is 19.9 Å². The number of hydrogen-bond acceptors (Lipinski definition) is 5. The Morgan fingerprint density at radius 2 is 1.91 bits per heavy atom. The molecule has 122 valence electrons. The van der Waals surface area contributed by atoms with Gasteiger partial charge in [0.05, 0.1) is 10.6 Å². The van der Waals surface area contributed by atoms with Crippen molar-refractivity contribution in [2.45, 2.75) is 18.7 Å². The Morgan fingerprint density at radius 3 is 2.45 bits per heavy atom. The zero-order valence-corrected chi connectivity index (χ0v) is 14.3. The number of thioether (sulfide) groups is 1. The van der Waals surface area contributed by atoms with Gasteiger partial charge in [-0.25, -0.2) is 8.42 Å². The molecule has 8 heteroatoms. The third kappa shape index (κ3) is 5.34. The third-order valence-corrected chi connectivity index (χ3v) is 5.11. The number of benzene rings is 1. The summed E-state index contributed by atoms with van der Waals surface area (Å²) in [5.41, 5.74) is 1.78. The summed E-state index contributed by atoms with van der Waals surface area (Å²) < 4.78 is 23.3. The first kappa shape index (κ1) is 18.5. The van der Waals surface area contributed by atoms with E-state index < -0.39 is 15.8 Å². The molecule has 0 aliphatic rings. The lowest BCUT2D eigenvalue weighted by Gasteiger charge is -2.11. The highest BCUT2D eigenvalue weighted by atomic mass is 32.2. The number of carboxylic acids is 1. The molecule has 0 aliphatic heterocycles. The van der Waals surface area contributed by atoms with Gasteiger partial charge in [0, 0.05) is 24.1 Å². The van der Waals surface area contributed by atoms with Gasteiger partial charge in [-0.3, -0.25) is 9.59 Å². The molecule has 0 spiro atoms. The lowest BCUT2D eigenvalue weighted by Crippen LogP contribution is -2.27. The van der Waals surface area contributed by atoms with E-state index in [1.165, 1.54) is 17.8 Å². The fourth-order valence-electron chi connectivity index (χ4n) is 1.77. The van der Waals surface area contributed by atoms with Gasteiger partial charge in [0.1, 0.15) is 0 Å². The van der Waals surface area contributed by atoms with Crippen molar-refractivity contribution in [2.75, 3.05) is 24.3 Å². The molecule has 1 aromatic carbocycles. The van der Waals surface area contributed by atoms with Crippen LogP contribution in [0.4, 0.5) is 0 Å². The largest absolute Gasteiger partial charge is 0.481 e. The lowest BCUT2D eigenvalue weighted by atomic mass is 10.0. The minimum Gasteiger partial charge on any atom is -0.481 e. The van der Waals surface area contributed by atoms with Crippen LogP contribution >= 0.6 is 11.8 Å². The molecule has 1 amide bonds. The van der Waals surface area contributed by atoms with Gasteiger partial charge >= 0.3 is 5.97 Å². The highest BCUT2D eigenvalue weighted by molar-refractivity contribution is 7.99. The lowest BCUT2D eigenvalue weighted by molar-refractivity contribution is -0.133. The number of nitrogens with one attached hydrogen (secondary N) is 1. The van der Waals surface area contributed by atoms with E-state index in [-0.39, 0.29) is 16.6 Å². The summed E-state index contributed by atoms with van der Waals surface area (Å²) in [7, 11) is -3.39. The molecule has 0 aliphatic carbocycles. The molecule has 0 heterocycles. The minimum atomic E-state index is -3.39. The average Bonchev–Trinajstić information content (AvgIpc) is 2.39. The molecule has 0 radical (unpaired) electrons. The van der Waals surface area contributed by atoms with Crippen molar-refractivity contribution in [3.8, 4) is 0 Å². The van der Waals surface area contributed by atoms with Crippen molar-refractivity contribution in [1.82, 2.24) is 5.32 Å². The Bertz CT molecular complexity index is 683. The highest BCUT2D eigenvalue weighted by Crippen LogP contribution is 2.20. The summed E-state index contributed by atoms with van der Waals surface area (Å²) >= 11 is 1.20. The predicted molar refractivity (Wildman–Crippen MR) is 86.3 cm³/mol.